The molecule has 0 saturated heterocycles. The molecule has 0 spiro atoms. The van der Waals surface area contributed by atoms with Crippen molar-refractivity contribution >= 4 is 5.78 Å². The fourth-order valence-electron chi connectivity index (χ4n) is 2.44. The van der Waals surface area contributed by atoms with E-state index in [0.717, 1.165) is 12.2 Å². The van der Waals surface area contributed by atoms with Crippen molar-refractivity contribution in [1.82, 2.24) is 0 Å². The van der Waals surface area contributed by atoms with Gasteiger partial charge in [0, 0.05) is 19.8 Å². The zero-order valence-corrected chi connectivity index (χ0v) is 9.68. The minimum Gasteiger partial charge on any atom is -0.456 e. The van der Waals surface area contributed by atoms with Crippen LogP contribution in [-0.2, 0) is 14.3 Å². The number of benzene rings is 1. The van der Waals surface area contributed by atoms with Gasteiger partial charge in [0.2, 0.25) is 17.8 Å². The highest BCUT2D eigenvalue weighted by Gasteiger charge is 2.36. The Morgan fingerprint density at radius 1 is 1.12 bits per heavy atom. The van der Waals surface area contributed by atoms with Crippen molar-refractivity contribution in [2.45, 2.75) is 32.0 Å². The third kappa shape index (κ3) is 1.82. The molecular weight excluding hydrogens is 216 g/mol. The molecule has 17 heavy (non-hydrogen) atoms. The highest BCUT2D eigenvalue weighted by Crippen LogP contribution is 2.39. The topological polar surface area (TPSA) is 35.5 Å². The van der Waals surface area contributed by atoms with Gasteiger partial charge in [0.1, 0.15) is 5.76 Å². The number of allylic oxidation sites excluding steroid dienone is 2. The lowest BCUT2D eigenvalue weighted by atomic mass is 9.85. The minimum atomic E-state index is -0.321. The third-order valence-electron chi connectivity index (χ3n) is 3.23. The van der Waals surface area contributed by atoms with E-state index in [4.69, 9.17) is 9.47 Å². The Labute approximate surface area is 100 Å². The second-order valence-corrected chi connectivity index (χ2v) is 4.49. The van der Waals surface area contributed by atoms with E-state index in [0.29, 0.717) is 12.2 Å². The predicted molar refractivity (Wildman–Crippen MR) is 62.1 cm³/mol. The molecular formula is C14H14O3. The largest absolute Gasteiger partial charge is 0.456 e. The Balaban J connectivity index is 1.87. The molecule has 3 heteroatoms. The summed E-state index contributed by atoms with van der Waals surface area (Å²) in [4.78, 5) is 11.9. The van der Waals surface area contributed by atoms with Crippen molar-refractivity contribution in [2.24, 2.45) is 0 Å². The number of Topliss-reactive ketones (excluding diaryl/α,β-unsaturated/α-hetero) is 1. The van der Waals surface area contributed by atoms with Crippen LogP contribution in [0.2, 0.25) is 0 Å². The summed E-state index contributed by atoms with van der Waals surface area (Å²) in [6, 6.07) is 10.1. The van der Waals surface area contributed by atoms with Gasteiger partial charge in [-0.2, -0.15) is 0 Å². The van der Waals surface area contributed by atoms with Crippen LogP contribution in [-0.4, -0.2) is 12.1 Å². The van der Waals surface area contributed by atoms with Crippen LogP contribution in [0.4, 0.5) is 0 Å². The van der Waals surface area contributed by atoms with E-state index in [9.17, 15) is 4.79 Å². The Morgan fingerprint density at radius 2 is 1.88 bits per heavy atom. The fourth-order valence-corrected chi connectivity index (χ4v) is 2.44. The number of hydrogen-bond donors (Lipinski definition) is 0. The van der Waals surface area contributed by atoms with E-state index < -0.39 is 0 Å². The number of carbonyl (C=O) groups is 1. The van der Waals surface area contributed by atoms with Crippen LogP contribution in [0.25, 0.3) is 0 Å². The number of hydrogen-bond acceptors (Lipinski definition) is 3. The number of ether oxygens (including phenoxy) is 2. The molecule has 2 unspecified atom stereocenters. The molecule has 1 aliphatic heterocycles. The van der Waals surface area contributed by atoms with Crippen LogP contribution in [0.1, 0.15) is 31.2 Å². The van der Waals surface area contributed by atoms with Gasteiger partial charge in [-0.25, -0.2) is 0 Å². The summed E-state index contributed by atoms with van der Waals surface area (Å²) in [7, 11) is 0. The zero-order valence-electron chi connectivity index (χ0n) is 9.68. The Hall–Kier alpha value is -1.77. The zero-order chi connectivity index (χ0) is 11.8. The summed E-state index contributed by atoms with van der Waals surface area (Å²) in [6.07, 6.45) is 0.951. The summed E-state index contributed by atoms with van der Waals surface area (Å²) in [5.74, 6) is 1.45. The van der Waals surface area contributed by atoms with E-state index in [1.807, 2.05) is 25.1 Å². The van der Waals surface area contributed by atoms with Crippen molar-refractivity contribution in [3.05, 3.63) is 47.4 Å². The van der Waals surface area contributed by atoms with E-state index in [2.05, 4.69) is 12.1 Å². The SMILES string of the molecule is CC1OC2=C(O1)C(=O)CC(c1ccccc1)C2. The Kier molecular flexibility index (Phi) is 2.39. The average molecular weight is 230 g/mol. The molecule has 88 valence electrons. The molecule has 1 heterocycles. The van der Waals surface area contributed by atoms with Crippen LogP contribution in [0.5, 0.6) is 0 Å². The van der Waals surface area contributed by atoms with Crippen molar-refractivity contribution in [1.29, 1.82) is 0 Å². The van der Waals surface area contributed by atoms with E-state index in [1.165, 1.54) is 5.56 Å². The minimum absolute atomic E-state index is 0.0597. The Bertz CT molecular complexity index is 476. The standard InChI is InChI=1S/C14H14O3/c1-9-16-13-8-11(7-12(15)14(13)17-9)10-5-3-2-4-6-10/h2-6,9,11H,7-8H2,1H3. The third-order valence-corrected chi connectivity index (χ3v) is 3.23. The van der Waals surface area contributed by atoms with Gasteiger partial charge in [-0.3, -0.25) is 4.79 Å². The average Bonchev–Trinajstić information content (AvgIpc) is 2.71. The highest BCUT2D eigenvalue weighted by atomic mass is 16.7. The molecule has 2 atom stereocenters. The fraction of sp³-hybridized carbons (Fsp3) is 0.357. The van der Waals surface area contributed by atoms with Crippen molar-refractivity contribution in [2.75, 3.05) is 0 Å². The van der Waals surface area contributed by atoms with E-state index in [-0.39, 0.29) is 18.0 Å². The second-order valence-electron chi connectivity index (χ2n) is 4.49. The van der Waals surface area contributed by atoms with Crippen LogP contribution < -0.4 is 0 Å². The molecule has 1 aromatic carbocycles. The maximum Gasteiger partial charge on any atom is 0.238 e. The van der Waals surface area contributed by atoms with Crippen LogP contribution in [0, 0.1) is 0 Å². The van der Waals surface area contributed by atoms with Crippen molar-refractivity contribution in [3.63, 3.8) is 0 Å². The van der Waals surface area contributed by atoms with Crippen LogP contribution in [0.3, 0.4) is 0 Å². The van der Waals surface area contributed by atoms with Crippen LogP contribution in [0.15, 0.2) is 41.9 Å². The van der Waals surface area contributed by atoms with Gasteiger partial charge in [-0.15, -0.1) is 0 Å². The maximum atomic E-state index is 11.9. The summed E-state index contributed by atoms with van der Waals surface area (Å²) in [5.41, 5.74) is 1.19. The van der Waals surface area contributed by atoms with Gasteiger partial charge in [0.25, 0.3) is 0 Å². The van der Waals surface area contributed by atoms with Gasteiger partial charge in [-0.1, -0.05) is 30.3 Å². The van der Waals surface area contributed by atoms with Gasteiger partial charge in [-0.05, 0) is 11.5 Å². The predicted octanol–water partition coefficient (Wildman–Crippen LogP) is 2.74. The monoisotopic (exact) mass is 230 g/mol. The molecule has 0 radical (unpaired) electrons. The van der Waals surface area contributed by atoms with Gasteiger partial charge >= 0.3 is 0 Å². The van der Waals surface area contributed by atoms with Gasteiger partial charge < -0.3 is 9.47 Å². The molecule has 0 saturated carbocycles. The Morgan fingerprint density at radius 3 is 2.65 bits per heavy atom. The van der Waals surface area contributed by atoms with Crippen molar-refractivity contribution < 1.29 is 14.3 Å². The maximum absolute atomic E-state index is 11.9. The highest BCUT2D eigenvalue weighted by molar-refractivity contribution is 5.95. The van der Waals surface area contributed by atoms with Crippen LogP contribution >= 0.6 is 0 Å². The van der Waals surface area contributed by atoms with Crippen molar-refractivity contribution in [3.8, 4) is 0 Å². The molecule has 0 bridgehead atoms. The number of carbonyl (C=O) groups excluding carboxylic acids is 1. The van der Waals surface area contributed by atoms with Gasteiger partial charge in [0.05, 0.1) is 0 Å². The van der Waals surface area contributed by atoms with E-state index >= 15 is 0 Å². The summed E-state index contributed by atoms with van der Waals surface area (Å²) in [6.45, 7) is 1.81. The lowest BCUT2D eigenvalue weighted by molar-refractivity contribution is -0.121. The summed E-state index contributed by atoms with van der Waals surface area (Å²) >= 11 is 0. The van der Waals surface area contributed by atoms with Gasteiger partial charge in [0.15, 0.2) is 0 Å². The molecule has 3 rings (SSSR count). The lowest BCUT2D eigenvalue weighted by Gasteiger charge is -2.20. The molecule has 0 fully saturated rings. The molecule has 0 N–H and O–H groups in total. The first-order valence-corrected chi connectivity index (χ1v) is 5.88. The molecule has 3 nitrogen and oxygen atoms in total. The first-order valence-electron chi connectivity index (χ1n) is 5.88. The molecule has 2 aliphatic rings. The smallest absolute Gasteiger partial charge is 0.238 e. The molecule has 0 aromatic heterocycles. The summed E-state index contributed by atoms with van der Waals surface area (Å²) < 4.78 is 10.9. The molecule has 1 aliphatic carbocycles. The number of ketones is 1. The normalized spacial score (nSPS) is 27.5. The number of rotatable bonds is 1. The van der Waals surface area contributed by atoms with E-state index in [1.54, 1.807) is 0 Å². The first-order chi connectivity index (χ1) is 8.24. The molecule has 0 amide bonds. The first kappa shape index (κ1) is 10.4. The summed E-state index contributed by atoms with van der Waals surface area (Å²) in [5, 5.41) is 0. The second kappa shape index (κ2) is 3.91. The lowest BCUT2D eigenvalue weighted by Crippen LogP contribution is -2.16. The quantitative estimate of drug-likeness (QED) is 0.744. The molecule has 1 aromatic rings.